The third kappa shape index (κ3) is 2.85. The first-order valence-electron chi connectivity index (χ1n) is 5.56. The maximum atomic E-state index is 10.9. The van der Waals surface area contributed by atoms with Crippen LogP contribution in [0.5, 0.6) is 0 Å². The number of anilines is 1. The molecule has 0 aromatic carbocycles. The molecule has 0 bridgehead atoms. The average molecular weight is 254 g/mol. The van der Waals surface area contributed by atoms with E-state index >= 15 is 0 Å². The van der Waals surface area contributed by atoms with Crippen molar-refractivity contribution in [1.82, 2.24) is 9.97 Å². The molecule has 1 fully saturated rings. The highest BCUT2D eigenvalue weighted by Crippen LogP contribution is 2.37. The third-order valence-electron chi connectivity index (χ3n) is 2.74. The standard InChI is InChI=1S/C10H14N4O2S/c1-11-10-12-6-8(14(15)16)9(13-10)17-7-4-2-3-5-7/h6-7H,2-5H2,1H3,(H,11,12,13). The molecule has 7 heteroatoms. The minimum absolute atomic E-state index is 0.000833. The molecule has 6 nitrogen and oxygen atoms in total. The number of nitrogens with zero attached hydrogens (tertiary/aromatic N) is 3. The zero-order chi connectivity index (χ0) is 12.3. The molecule has 1 aromatic rings. The van der Waals surface area contributed by atoms with E-state index in [9.17, 15) is 10.1 Å². The lowest BCUT2D eigenvalue weighted by atomic mass is 10.4. The van der Waals surface area contributed by atoms with Gasteiger partial charge in [0.15, 0.2) is 5.03 Å². The quantitative estimate of drug-likeness (QED) is 0.505. The molecule has 92 valence electrons. The molecule has 1 aromatic heterocycles. The highest BCUT2D eigenvalue weighted by Gasteiger charge is 2.23. The minimum atomic E-state index is -0.420. The molecule has 0 aliphatic heterocycles. The lowest BCUT2D eigenvalue weighted by Crippen LogP contribution is -2.03. The molecule has 0 amide bonds. The van der Waals surface area contributed by atoms with E-state index in [1.165, 1.54) is 30.8 Å². The molecule has 1 heterocycles. The van der Waals surface area contributed by atoms with Gasteiger partial charge in [0.25, 0.3) is 0 Å². The maximum absolute atomic E-state index is 10.9. The van der Waals surface area contributed by atoms with Gasteiger partial charge in [-0.05, 0) is 12.8 Å². The van der Waals surface area contributed by atoms with Crippen LogP contribution in [0, 0.1) is 10.1 Å². The summed E-state index contributed by atoms with van der Waals surface area (Å²) in [5.41, 5.74) is 0.000833. The molecule has 0 unspecified atom stereocenters. The third-order valence-corrected chi connectivity index (χ3v) is 4.06. The molecule has 1 saturated carbocycles. The first-order valence-corrected chi connectivity index (χ1v) is 6.44. The zero-order valence-electron chi connectivity index (χ0n) is 9.55. The number of thioether (sulfide) groups is 1. The van der Waals surface area contributed by atoms with Crippen molar-refractivity contribution >= 4 is 23.4 Å². The molecule has 0 spiro atoms. The molecule has 1 aliphatic carbocycles. The van der Waals surface area contributed by atoms with Crippen molar-refractivity contribution in [3.05, 3.63) is 16.3 Å². The highest BCUT2D eigenvalue weighted by molar-refractivity contribution is 8.00. The summed E-state index contributed by atoms with van der Waals surface area (Å²) in [6.45, 7) is 0. The minimum Gasteiger partial charge on any atom is -0.357 e. The van der Waals surface area contributed by atoms with Gasteiger partial charge in [-0.1, -0.05) is 24.6 Å². The van der Waals surface area contributed by atoms with Crippen LogP contribution in [-0.4, -0.2) is 27.2 Å². The van der Waals surface area contributed by atoms with Gasteiger partial charge in [0, 0.05) is 12.3 Å². The van der Waals surface area contributed by atoms with Gasteiger partial charge in [0.1, 0.15) is 6.20 Å². The number of nitro groups is 1. The topological polar surface area (TPSA) is 81.0 Å². The largest absolute Gasteiger partial charge is 0.357 e. The summed E-state index contributed by atoms with van der Waals surface area (Å²) >= 11 is 1.50. The van der Waals surface area contributed by atoms with Gasteiger partial charge in [-0.3, -0.25) is 10.1 Å². The van der Waals surface area contributed by atoms with Crippen LogP contribution in [0.25, 0.3) is 0 Å². The van der Waals surface area contributed by atoms with Gasteiger partial charge in [0.05, 0.1) is 4.92 Å². The van der Waals surface area contributed by atoms with Crippen LogP contribution in [-0.2, 0) is 0 Å². The maximum Gasteiger partial charge on any atom is 0.319 e. The molecule has 1 aliphatic rings. The summed E-state index contributed by atoms with van der Waals surface area (Å²) in [5, 5.41) is 14.6. The fourth-order valence-corrected chi connectivity index (χ4v) is 3.13. The Morgan fingerprint density at radius 3 is 2.82 bits per heavy atom. The van der Waals surface area contributed by atoms with Crippen LogP contribution < -0.4 is 5.32 Å². The second kappa shape index (κ2) is 5.31. The Hall–Kier alpha value is -1.37. The molecule has 2 rings (SSSR count). The van der Waals surface area contributed by atoms with Crippen LogP contribution in [0.2, 0.25) is 0 Å². The summed E-state index contributed by atoms with van der Waals surface area (Å²) in [4.78, 5) is 18.5. The number of rotatable bonds is 4. The van der Waals surface area contributed by atoms with Gasteiger partial charge in [-0.15, -0.1) is 0 Å². The number of hydrogen-bond donors (Lipinski definition) is 1. The van der Waals surface area contributed by atoms with Crippen LogP contribution in [0.4, 0.5) is 11.6 Å². The Morgan fingerprint density at radius 2 is 2.24 bits per heavy atom. The molecule has 0 atom stereocenters. The van der Waals surface area contributed by atoms with Gasteiger partial charge < -0.3 is 5.32 Å². The second-order valence-corrected chi connectivity index (χ2v) is 5.20. The van der Waals surface area contributed by atoms with Crippen molar-refractivity contribution < 1.29 is 4.92 Å². The van der Waals surface area contributed by atoms with Gasteiger partial charge >= 0.3 is 5.69 Å². The number of nitrogens with one attached hydrogen (secondary N) is 1. The lowest BCUT2D eigenvalue weighted by molar-refractivity contribution is -0.388. The smallest absolute Gasteiger partial charge is 0.319 e. The first kappa shape index (κ1) is 12.1. The van der Waals surface area contributed by atoms with E-state index < -0.39 is 4.92 Å². The van der Waals surface area contributed by atoms with Crippen molar-refractivity contribution in [2.45, 2.75) is 36.0 Å². The predicted octanol–water partition coefficient (Wildman–Crippen LogP) is 2.46. The van der Waals surface area contributed by atoms with Crippen molar-refractivity contribution in [2.24, 2.45) is 0 Å². The van der Waals surface area contributed by atoms with Crippen LogP contribution >= 0.6 is 11.8 Å². The normalized spacial score (nSPS) is 16.1. The average Bonchev–Trinajstić information content (AvgIpc) is 2.81. The predicted molar refractivity (Wildman–Crippen MR) is 66.3 cm³/mol. The SMILES string of the molecule is CNc1ncc([N+](=O)[O-])c(SC2CCCC2)n1. The van der Waals surface area contributed by atoms with E-state index in [0.717, 1.165) is 12.8 Å². The summed E-state index contributed by atoms with van der Waals surface area (Å²) in [7, 11) is 1.70. The number of hydrogen-bond acceptors (Lipinski definition) is 6. The van der Waals surface area contributed by atoms with E-state index in [2.05, 4.69) is 15.3 Å². The Bertz CT molecular complexity index is 421. The molecule has 0 radical (unpaired) electrons. The molecular weight excluding hydrogens is 240 g/mol. The van der Waals surface area contributed by atoms with E-state index in [4.69, 9.17) is 0 Å². The lowest BCUT2D eigenvalue weighted by Gasteiger charge is -2.08. The van der Waals surface area contributed by atoms with Crippen molar-refractivity contribution in [3.63, 3.8) is 0 Å². The van der Waals surface area contributed by atoms with Gasteiger partial charge in [0.2, 0.25) is 5.95 Å². The molecule has 1 N–H and O–H groups in total. The van der Waals surface area contributed by atoms with Gasteiger partial charge in [-0.25, -0.2) is 4.98 Å². The molecule has 17 heavy (non-hydrogen) atoms. The Morgan fingerprint density at radius 1 is 1.53 bits per heavy atom. The van der Waals surface area contributed by atoms with Gasteiger partial charge in [-0.2, -0.15) is 4.98 Å². The summed E-state index contributed by atoms with van der Waals surface area (Å²) < 4.78 is 0. The zero-order valence-corrected chi connectivity index (χ0v) is 10.4. The van der Waals surface area contributed by atoms with Crippen LogP contribution in [0.3, 0.4) is 0 Å². The van der Waals surface area contributed by atoms with Crippen molar-refractivity contribution in [1.29, 1.82) is 0 Å². The van der Waals surface area contributed by atoms with Crippen LogP contribution in [0.15, 0.2) is 11.2 Å². The Labute approximate surface area is 103 Å². The summed E-state index contributed by atoms with van der Waals surface area (Å²) in [5.74, 6) is 0.427. The summed E-state index contributed by atoms with van der Waals surface area (Å²) in [6, 6.07) is 0. The van der Waals surface area contributed by atoms with E-state index in [1.54, 1.807) is 7.05 Å². The summed E-state index contributed by atoms with van der Waals surface area (Å²) in [6.07, 6.45) is 5.91. The highest BCUT2D eigenvalue weighted by atomic mass is 32.2. The van der Waals surface area contributed by atoms with E-state index in [0.29, 0.717) is 16.2 Å². The van der Waals surface area contributed by atoms with E-state index in [-0.39, 0.29) is 5.69 Å². The van der Waals surface area contributed by atoms with Crippen molar-refractivity contribution in [2.75, 3.05) is 12.4 Å². The van der Waals surface area contributed by atoms with Crippen molar-refractivity contribution in [3.8, 4) is 0 Å². The van der Waals surface area contributed by atoms with Crippen LogP contribution in [0.1, 0.15) is 25.7 Å². The Balaban J connectivity index is 2.24. The second-order valence-electron chi connectivity index (χ2n) is 3.92. The fraction of sp³-hybridized carbons (Fsp3) is 0.600. The monoisotopic (exact) mass is 254 g/mol. The first-order chi connectivity index (χ1) is 8.20. The Kier molecular flexibility index (Phi) is 3.78. The fourth-order valence-electron chi connectivity index (χ4n) is 1.86. The molecular formula is C10H14N4O2S. The number of aromatic nitrogens is 2. The van der Waals surface area contributed by atoms with E-state index in [1.807, 2.05) is 0 Å². The molecule has 0 saturated heterocycles.